The van der Waals surface area contributed by atoms with Crippen molar-refractivity contribution in [3.63, 3.8) is 0 Å². The molecule has 5 nitrogen and oxygen atoms in total. The molecular weight excluding hydrogens is 260 g/mol. The van der Waals surface area contributed by atoms with Crippen molar-refractivity contribution in [1.29, 1.82) is 0 Å². The zero-order valence-electron chi connectivity index (χ0n) is 12.1. The zero-order valence-corrected chi connectivity index (χ0v) is 12.9. The Balaban J connectivity index is 2.01. The van der Waals surface area contributed by atoms with Crippen molar-refractivity contribution < 1.29 is 4.52 Å². The summed E-state index contributed by atoms with van der Waals surface area (Å²) in [6.07, 6.45) is 1.82. The summed E-state index contributed by atoms with van der Waals surface area (Å²) < 4.78 is 5.28. The Bertz CT molecular complexity index is 541. The van der Waals surface area contributed by atoms with E-state index in [1.807, 2.05) is 13.1 Å². The molecule has 0 fully saturated rings. The average molecular weight is 280 g/mol. The molecule has 0 spiro atoms. The van der Waals surface area contributed by atoms with Gasteiger partial charge in [0.05, 0.1) is 6.54 Å². The summed E-state index contributed by atoms with van der Waals surface area (Å²) in [4.78, 5) is 12.0. The molecule has 0 amide bonds. The minimum Gasteiger partial charge on any atom is -0.337 e. The van der Waals surface area contributed by atoms with Crippen LogP contribution in [0.25, 0.3) is 10.8 Å². The molecule has 2 heterocycles. The Morgan fingerprint density at radius 2 is 2.11 bits per heavy atom. The Morgan fingerprint density at radius 3 is 2.68 bits per heavy atom. The molecule has 0 unspecified atom stereocenters. The summed E-state index contributed by atoms with van der Waals surface area (Å²) in [6.45, 7) is 10.3. The molecule has 0 atom stereocenters. The van der Waals surface area contributed by atoms with Gasteiger partial charge in [-0.25, -0.2) is 4.98 Å². The van der Waals surface area contributed by atoms with E-state index in [9.17, 15) is 0 Å². The predicted molar refractivity (Wildman–Crippen MR) is 75.9 cm³/mol. The summed E-state index contributed by atoms with van der Waals surface area (Å²) in [5, 5.41) is 4.80. The maximum Gasteiger partial charge on any atom is 0.241 e. The third kappa shape index (κ3) is 4.11. The molecule has 104 valence electrons. The summed E-state index contributed by atoms with van der Waals surface area (Å²) in [5.74, 6) is 1.21. The Morgan fingerprint density at radius 1 is 1.37 bits per heavy atom. The van der Waals surface area contributed by atoms with E-state index in [1.54, 1.807) is 11.3 Å². The first-order valence-electron chi connectivity index (χ1n) is 6.27. The maximum atomic E-state index is 5.28. The number of rotatable bonds is 4. The fourth-order valence-corrected chi connectivity index (χ4v) is 2.65. The van der Waals surface area contributed by atoms with E-state index in [1.165, 1.54) is 0 Å². The molecule has 0 aliphatic carbocycles. The summed E-state index contributed by atoms with van der Waals surface area (Å²) >= 11 is 1.57. The number of hydrogen-bond acceptors (Lipinski definition) is 6. The molecule has 0 N–H and O–H groups in total. The largest absolute Gasteiger partial charge is 0.337 e. The summed E-state index contributed by atoms with van der Waals surface area (Å²) in [7, 11) is 2.06. The second-order valence-electron chi connectivity index (χ2n) is 6.02. The summed E-state index contributed by atoms with van der Waals surface area (Å²) in [6, 6.07) is 0. The SMILES string of the molecule is Cc1cnc(-c2noc(CN(C)CC(C)(C)C)n2)s1. The molecular formula is C13H20N4OS. The second-order valence-corrected chi connectivity index (χ2v) is 7.26. The molecule has 2 rings (SSSR count). The van der Waals surface area contributed by atoms with Crippen LogP contribution in [-0.4, -0.2) is 33.6 Å². The highest BCUT2D eigenvalue weighted by Gasteiger charge is 2.17. The molecule has 19 heavy (non-hydrogen) atoms. The number of thiazole rings is 1. The van der Waals surface area contributed by atoms with Gasteiger partial charge in [-0.3, -0.25) is 4.90 Å². The van der Waals surface area contributed by atoms with Crippen LogP contribution in [0, 0.1) is 12.3 Å². The first-order chi connectivity index (χ1) is 8.83. The van der Waals surface area contributed by atoms with E-state index in [2.05, 4.69) is 47.8 Å². The Kier molecular flexibility index (Phi) is 4.01. The van der Waals surface area contributed by atoms with Crippen LogP contribution in [0.5, 0.6) is 0 Å². The average Bonchev–Trinajstić information content (AvgIpc) is 2.83. The Hall–Kier alpha value is -1.27. The minimum atomic E-state index is 0.254. The van der Waals surface area contributed by atoms with Crippen LogP contribution in [0.2, 0.25) is 0 Å². The van der Waals surface area contributed by atoms with Gasteiger partial charge in [-0.05, 0) is 19.4 Å². The van der Waals surface area contributed by atoms with Gasteiger partial charge in [0.1, 0.15) is 0 Å². The topological polar surface area (TPSA) is 55.1 Å². The van der Waals surface area contributed by atoms with Crippen molar-refractivity contribution in [2.24, 2.45) is 5.41 Å². The van der Waals surface area contributed by atoms with E-state index < -0.39 is 0 Å². The van der Waals surface area contributed by atoms with Crippen LogP contribution in [0.1, 0.15) is 31.5 Å². The molecule has 6 heteroatoms. The zero-order chi connectivity index (χ0) is 14.0. The van der Waals surface area contributed by atoms with Gasteiger partial charge in [-0.1, -0.05) is 25.9 Å². The van der Waals surface area contributed by atoms with Crippen LogP contribution in [0.4, 0.5) is 0 Å². The van der Waals surface area contributed by atoms with E-state index >= 15 is 0 Å². The van der Waals surface area contributed by atoms with Crippen LogP contribution in [0.15, 0.2) is 10.7 Å². The normalized spacial score (nSPS) is 12.3. The lowest BCUT2D eigenvalue weighted by molar-refractivity contribution is 0.198. The monoisotopic (exact) mass is 280 g/mol. The third-order valence-electron chi connectivity index (χ3n) is 2.43. The highest BCUT2D eigenvalue weighted by molar-refractivity contribution is 7.14. The number of aryl methyl sites for hydroxylation is 1. The number of aromatic nitrogens is 3. The fourth-order valence-electron chi connectivity index (χ4n) is 1.96. The highest BCUT2D eigenvalue weighted by atomic mass is 32.1. The third-order valence-corrected chi connectivity index (χ3v) is 3.34. The van der Waals surface area contributed by atoms with Crippen LogP contribution >= 0.6 is 11.3 Å². The van der Waals surface area contributed by atoms with E-state index in [4.69, 9.17) is 4.52 Å². The van der Waals surface area contributed by atoms with Gasteiger partial charge < -0.3 is 4.52 Å². The van der Waals surface area contributed by atoms with Crippen molar-refractivity contribution in [3.8, 4) is 10.8 Å². The molecule has 0 aromatic carbocycles. The lowest BCUT2D eigenvalue weighted by Gasteiger charge is -2.25. The molecule has 0 saturated heterocycles. The lowest BCUT2D eigenvalue weighted by Crippen LogP contribution is -2.28. The number of nitrogens with zero attached hydrogens (tertiary/aromatic N) is 4. The molecule has 2 aromatic heterocycles. The lowest BCUT2D eigenvalue weighted by atomic mass is 9.96. The van der Waals surface area contributed by atoms with E-state index in [-0.39, 0.29) is 5.41 Å². The van der Waals surface area contributed by atoms with Crippen molar-refractivity contribution in [1.82, 2.24) is 20.0 Å². The highest BCUT2D eigenvalue weighted by Crippen LogP contribution is 2.22. The molecule has 0 saturated carbocycles. The van der Waals surface area contributed by atoms with E-state index in [0.29, 0.717) is 18.3 Å². The second kappa shape index (κ2) is 5.38. The van der Waals surface area contributed by atoms with Crippen LogP contribution in [-0.2, 0) is 6.54 Å². The van der Waals surface area contributed by atoms with Crippen LogP contribution in [0.3, 0.4) is 0 Å². The van der Waals surface area contributed by atoms with Crippen molar-refractivity contribution in [2.45, 2.75) is 34.2 Å². The van der Waals surface area contributed by atoms with Gasteiger partial charge >= 0.3 is 0 Å². The first-order valence-corrected chi connectivity index (χ1v) is 7.09. The quantitative estimate of drug-likeness (QED) is 0.861. The minimum absolute atomic E-state index is 0.254. The molecule has 0 aliphatic rings. The maximum absolute atomic E-state index is 5.28. The van der Waals surface area contributed by atoms with Gasteiger partial charge in [0.2, 0.25) is 11.7 Å². The van der Waals surface area contributed by atoms with Gasteiger partial charge in [0.15, 0.2) is 5.01 Å². The van der Waals surface area contributed by atoms with Crippen molar-refractivity contribution in [2.75, 3.05) is 13.6 Å². The fraction of sp³-hybridized carbons (Fsp3) is 0.615. The van der Waals surface area contributed by atoms with Gasteiger partial charge in [-0.2, -0.15) is 4.98 Å². The predicted octanol–water partition coefficient (Wildman–Crippen LogP) is 2.98. The van der Waals surface area contributed by atoms with E-state index in [0.717, 1.165) is 16.4 Å². The first kappa shape index (κ1) is 14.1. The molecule has 0 aliphatic heterocycles. The van der Waals surface area contributed by atoms with Crippen molar-refractivity contribution in [3.05, 3.63) is 17.0 Å². The van der Waals surface area contributed by atoms with Gasteiger partial charge in [0, 0.05) is 17.6 Å². The molecule has 2 aromatic rings. The van der Waals surface area contributed by atoms with Gasteiger partial charge in [0.25, 0.3) is 0 Å². The van der Waals surface area contributed by atoms with Gasteiger partial charge in [-0.15, -0.1) is 11.3 Å². The molecule has 0 bridgehead atoms. The number of hydrogen-bond donors (Lipinski definition) is 0. The smallest absolute Gasteiger partial charge is 0.241 e. The molecule has 0 radical (unpaired) electrons. The Labute approximate surface area is 117 Å². The standard InChI is InChI=1S/C13H20N4OS/c1-9-6-14-12(19-9)11-15-10(18-16-11)7-17(5)8-13(2,3)4/h6H,7-8H2,1-5H3. The van der Waals surface area contributed by atoms with Crippen molar-refractivity contribution >= 4 is 11.3 Å². The summed E-state index contributed by atoms with van der Waals surface area (Å²) in [5.41, 5.74) is 0.254. The van der Waals surface area contributed by atoms with Crippen LogP contribution < -0.4 is 0 Å².